The first-order valence-electron chi connectivity index (χ1n) is 9.29. The summed E-state index contributed by atoms with van der Waals surface area (Å²) < 4.78 is 32.9. The largest absolute Gasteiger partial charge is 0.463 e. The van der Waals surface area contributed by atoms with E-state index in [4.69, 9.17) is 4.42 Å². The first-order valence-corrected chi connectivity index (χ1v) is 10.8. The first kappa shape index (κ1) is 19.6. The lowest BCUT2D eigenvalue weighted by Crippen LogP contribution is -2.84. The van der Waals surface area contributed by atoms with Gasteiger partial charge in [-0.25, -0.2) is 13.1 Å². The maximum atomic E-state index is 12.5. The number of benzene rings is 1. The van der Waals surface area contributed by atoms with Crippen molar-refractivity contribution in [3.05, 3.63) is 48.4 Å². The number of amides is 1. The molecule has 3 rings (SSSR count). The van der Waals surface area contributed by atoms with Crippen LogP contribution in [0.2, 0.25) is 0 Å². The molecule has 0 aliphatic heterocycles. The highest BCUT2D eigenvalue weighted by Gasteiger charge is 2.21. The van der Waals surface area contributed by atoms with Crippen LogP contribution < -0.4 is 15.4 Å². The van der Waals surface area contributed by atoms with Gasteiger partial charge in [-0.05, 0) is 49.2 Å². The Balaban J connectivity index is 1.49. The number of carbonyl (C=O) groups excluding carboxylic acids is 1. The lowest BCUT2D eigenvalue weighted by Gasteiger charge is -2.22. The van der Waals surface area contributed by atoms with Crippen molar-refractivity contribution in [1.82, 2.24) is 4.72 Å². The normalized spacial score (nSPS) is 15.6. The minimum atomic E-state index is -3.52. The molecule has 0 bridgehead atoms. The molecule has 1 aromatic carbocycles. The molecule has 1 aliphatic carbocycles. The van der Waals surface area contributed by atoms with Crippen LogP contribution in [0, 0.1) is 0 Å². The van der Waals surface area contributed by atoms with Crippen LogP contribution in [0.1, 0.15) is 37.9 Å². The summed E-state index contributed by atoms with van der Waals surface area (Å²) in [5.41, 5.74) is 0.572. The van der Waals surface area contributed by atoms with Crippen molar-refractivity contribution in [3.63, 3.8) is 0 Å². The van der Waals surface area contributed by atoms with E-state index in [1.807, 2.05) is 17.4 Å². The molecule has 0 unspecified atom stereocenters. The van der Waals surface area contributed by atoms with Gasteiger partial charge in [-0.1, -0.05) is 19.3 Å². The maximum absolute atomic E-state index is 12.5. The molecule has 1 amide bonds. The highest BCUT2D eigenvalue weighted by atomic mass is 32.2. The predicted molar refractivity (Wildman–Crippen MR) is 101 cm³/mol. The van der Waals surface area contributed by atoms with Crippen LogP contribution in [0.25, 0.3) is 0 Å². The SMILES string of the molecule is O=C(C[NH2+]Cc1ccco1)Nc1ccc(S(=O)(=O)NC2CCCCC2)cc1. The third-order valence-corrected chi connectivity index (χ3v) is 6.17. The van der Waals surface area contributed by atoms with Crippen molar-refractivity contribution in [2.75, 3.05) is 11.9 Å². The lowest BCUT2D eigenvalue weighted by atomic mass is 9.96. The zero-order chi connectivity index (χ0) is 19.1. The van der Waals surface area contributed by atoms with Gasteiger partial charge in [0.15, 0.2) is 12.3 Å². The van der Waals surface area contributed by atoms with E-state index in [9.17, 15) is 13.2 Å². The molecule has 146 valence electrons. The minimum Gasteiger partial charge on any atom is -0.463 e. The average molecular weight is 393 g/mol. The summed E-state index contributed by atoms with van der Waals surface area (Å²) in [7, 11) is -3.52. The lowest BCUT2D eigenvalue weighted by molar-refractivity contribution is -0.661. The van der Waals surface area contributed by atoms with Gasteiger partial charge in [0.2, 0.25) is 10.0 Å². The van der Waals surface area contributed by atoms with E-state index in [1.54, 1.807) is 18.4 Å². The van der Waals surface area contributed by atoms with E-state index in [0.29, 0.717) is 12.2 Å². The topological polar surface area (TPSA) is 105 Å². The molecule has 1 heterocycles. The molecule has 1 aromatic heterocycles. The Morgan fingerprint density at radius 3 is 2.52 bits per heavy atom. The number of furan rings is 1. The first-order chi connectivity index (χ1) is 13.0. The monoisotopic (exact) mass is 392 g/mol. The fraction of sp³-hybridized carbons (Fsp3) is 0.421. The summed E-state index contributed by atoms with van der Waals surface area (Å²) in [6.07, 6.45) is 6.68. The molecule has 8 heteroatoms. The molecule has 0 saturated heterocycles. The standard InChI is InChI=1S/C19H25N3O4S/c23-19(14-20-13-17-7-4-12-26-17)21-15-8-10-18(11-9-15)27(24,25)22-16-5-2-1-3-6-16/h4,7-12,16,20,22H,1-3,5-6,13-14H2,(H,21,23)/p+1. The summed E-state index contributed by atoms with van der Waals surface area (Å²) in [6.45, 7) is 0.842. The van der Waals surface area contributed by atoms with Crippen LogP contribution in [0.15, 0.2) is 52.0 Å². The van der Waals surface area contributed by atoms with E-state index >= 15 is 0 Å². The fourth-order valence-electron chi connectivity index (χ4n) is 3.21. The van der Waals surface area contributed by atoms with E-state index in [0.717, 1.165) is 31.4 Å². The predicted octanol–water partition coefficient (Wildman–Crippen LogP) is 1.59. The van der Waals surface area contributed by atoms with Crippen LogP contribution in [-0.4, -0.2) is 26.9 Å². The van der Waals surface area contributed by atoms with E-state index in [1.165, 1.54) is 18.6 Å². The van der Waals surface area contributed by atoms with Crippen molar-refractivity contribution in [2.24, 2.45) is 0 Å². The molecule has 1 aliphatic rings. The average Bonchev–Trinajstić information content (AvgIpc) is 3.16. The Labute approximate surface area is 159 Å². The molecule has 2 aromatic rings. The number of rotatable bonds is 8. The van der Waals surface area contributed by atoms with Crippen molar-refractivity contribution in [1.29, 1.82) is 0 Å². The van der Waals surface area contributed by atoms with Gasteiger partial charge in [-0.2, -0.15) is 0 Å². The molecule has 1 fully saturated rings. The molecule has 0 radical (unpaired) electrons. The van der Waals surface area contributed by atoms with Gasteiger partial charge >= 0.3 is 0 Å². The second kappa shape index (κ2) is 9.16. The molecule has 27 heavy (non-hydrogen) atoms. The van der Waals surface area contributed by atoms with Gasteiger partial charge in [0.25, 0.3) is 5.91 Å². The number of hydrogen-bond acceptors (Lipinski definition) is 4. The van der Waals surface area contributed by atoms with Crippen LogP contribution in [0.3, 0.4) is 0 Å². The second-order valence-electron chi connectivity index (χ2n) is 6.81. The summed E-state index contributed by atoms with van der Waals surface area (Å²) in [4.78, 5) is 12.2. The van der Waals surface area contributed by atoms with E-state index in [2.05, 4.69) is 10.0 Å². The molecule has 1 saturated carbocycles. The van der Waals surface area contributed by atoms with Crippen LogP contribution in [0.5, 0.6) is 0 Å². The molecule has 0 atom stereocenters. The Morgan fingerprint density at radius 1 is 1.11 bits per heavy atom. The number of nitrogens with two attached hydrogens (primary N) is 1. The minimum absolute atomic E-state index is 0.0211. The second-order valence-corrected chi connectivity index (χ2v) is 8.52. The number of hydrogen-bond donors (Lipinski definition) is 3. The highest BCUT2D eigenvalue weighted by Crippen LogP contribution is 2.20. The van der Waals surface area contributed by atoms with Gasteiger partial charge in [-0.3, -0.25) is 4.79 Å². The van der Waals surface area contributed by atoms with Crippen molar-refractivity contribution < 1.29 is 22.9 Å². The van der Waals surface area contributed by atoms with E-state index in [-0.39, 0.29) is 23.4 Å². The van der Waals surface area contributed by atoms with Gasteiger partial charge in [-0.15, -0.1) is 0 Å². The van der Waals surface area contributed by atoms with Crippen LogP contribution >= 0.6 is 0 Å². The third kappa shape index (κ3) is 5.92. The fourth-order valence-corrected chi connectivity index (χ4v) is 4.52. The number of sulfonamides is 1. The molecular formula is C19H26N3O4S+. The maximum Gasteiger partial charge on any atom is 0.279 e. The number of anilines is 1. The van der Waals surface area contributed by atoms with Gasteiger partial charge in [0.05, 0.1) is 11.2 Å². The number of carbonyl (C=O) groups is 1. The molecule has 7 nitrogen and oxygen atoms in total. The van der Waals surface area contributed by atoms with Crippen LogP contribution in [0.4, 0.5) is 5.69 Å². The number of nitrogens with one attached hydrogen (secondary N) is 2. The summed E-state index contributed by atoms with van der Waals surface area (Å²) in [5, 5.41) is 4.60. The van der Waals surface area contributed by atoms with Gasteiger partial charge in [0.1, 0.15) is 6.54 Å². The van der Waals surface area contributed by atoms with Crippen molar-refractivity contribution >= 4 is 21.6 Å². The zero-order valence-electron chi connectivity index (χ0n) is 15.2. The van der Waals surface area contributed by atoms with Gasteiger partial charge < -0.3 is 15.1 Å². The Hall–Kier alpha value is -2.16. The smallest absolute Gasteiger partial charge is 0.279 e. The summed E-state index contributed by atoms with van der Waals surface area (Å²) >= 11 is 0. The molecule has 4 N–H and O–H groups in total. The van der Waals surface area contributed by atoms with Gasteiger partial charge in [0, 0.05) is 11.7 Å². The molecule has 0 spiro atoms. The van der Waals surface area contributed by atoms with Crippen molar-refractivity contribution in [3.8, 4) is 0 Å². The Morgan fingerprint density at radius 2 is 1.85 bits per heavy atom. The zero-order valence-corrected chi connectivity index (χ0v) is 16.0. The quantitative estimate of drug-likeness (QED) is 0.634. The van der Waals surface area contributed by atoms with E-state index < -0.39 is 10.0 Å². The Bertz CT molecular complexity index is 826. The third-order valence-electron chi connectivity index (χ3n) is 4.63. The molecular weight excluding hydrogens is 366 g/mol. The Kier molecular flexibility index (Phi) is 6.65. The van der Waals surface area contributed by atoms with Crippen molar-refractivity contribution in [2.45, 2.75) is 49.6 Å². The summed E-state index contributed by atoms with van der Waals surface area (Å²) in [6, 6.07) is 9.95. The number of quaternary nitrogens is 1. The van der Waals surface area contributed by atoms with Crippen LogP contribution in [-0.2, 0) is 21.4 Å². The highest BCUT2D eigenvalue weighted by molar-refractivity contribution is 7.89. The summed E-state index contributed by atoms with van der Waals surface area (Å²) in [5.74, 6) is 0.653.